The summed E-state index contributed by atoms with van der Waals surface area (Å²) in [7, 11) is 0. The maximum absolute atomic E-state index is 2.50. The molecule has 2 aromatic rings. The van der Waals surface area contributed by atoms with Gasteiger partial charge in [-0.15, -0.1) is 0 Å². The van der Waals surface area contributed by atoms with Crippen LogP contribution in [0.3, 0.4) is 0 Å². The molecular formula is C23H25Hf. The molecule has 1 heteroatoms. The Morgan fingerprint density at radius 2 is 1.54 bits per heavy atom. The van der Waals surface area contributed by atoms with Crippen molar-refractivity contribution in [1.29, 1.82) is 0 Å². The van der Waals surface area contributed by atoms with Crippen LogP contribution in [0.15, 0.2) is 48.5 Å². The summed E-state index contributed by atoms with van der Waals surface area (Å²) in [5.74, 6) is 1.47. The van der Waals surface area contributed by atoms with Crippen LogP contribution in [-0.2, 0) is 45.1 Å². The molecule has 0 saturated carbocycles. The van der Waals surface area contributed by atoms with E-state index in [1.54, 1.807) is 11.1 Å². The zero-order valence-corrected chi connectivity index (χ0v) is 18.3. The molecule has 0 N–H and O–H groups in total. The smallest absolute Gasteiger partial charge is 0.0317 e. The average Bonchev–Trinajstić information content (AvgIpc) is 3.15. The first-order valence-corrected chi connectivity index (χ1v) is 8.97. The Balaban J connectivity index is 0.00000169. The van der Waals surface area contributed by atoms with E-state index in [0.29, 0.717) is 5.41 Å². The molecule has 4 rings (SSSR count). The average molecular weight is 480 g/mol. The molecule has 2 aliphatic rings. The van der Waals surface area contributed by atoms with E-state index in [2.05, 4.69) is 68.5 Å². The van der Waals surface area contributed by atoms with Gasteiger partial charge in [0.2, 0.25) is 0 Å². The minimum atomic E-state index is 0. The minimum Gasteiger partial charge on any atom is -0.0718 e. The Morgan fingerprint density at radius 3 is 2.21 bits per heavy atom. The zero-order valence-electron chi connectivity index (χ0n) is 14.7. The summed E-state index contributed by atoms with van der Waals surface area (Å²) >= 11 is 0. The fourth-order valence-electron chi connectivity index (χ4n) is 4.32. The molecule has 0 amide bonds. The van der Waals surface area contributed by atoms with E-state index in [-0.39, 0.29) is 25.8 Å². The van der Waals surface area contributed by atoms with Crippen LogP contribution < -0.4 is 0 Å². The topological polar surface area (TPSA) is 0 Å². The summed E-state index contributed by atoms with van der Waals surface area (Å²) in [6, 6.07) is 15.8. The van der Waals surface area contributed by atoms with Gasteiger partial charge in [-0.2, -0.15) is 0 Å². The van der Waals surface area contributed by atoms with Gasteiger partial charge in [0.05, 0.1) is 0 Å². The fraction of sp³-hybridized carbons (Fsp3) is 0.348. The monoisotopic (exact) mass is 481 g/mol. The van der Waals surface area contributed by atoms with Crippen molar-refractivity contribution in [2.45, 2.75) is 46.0 Å². The summed E-state index contributed by atoms with van der Waals surface area (Å²) in [5.41, 5.74) is 8.01. The van der Waals surface area contributed by atoms with Crippen LogP contribution in [0.4, 0.5) is 0 Å². The normalized spacial score (nSPS) is 17.4. The third-order valence-electron chi connectivity index (χ3n) is 6.05. The second kappa shape index (κ2) is 7.12. The third-order valence-corrected chi connectivity index (χ3v) is 6.05. The van der Waals surface area contributed by atoms with Crippen molar-refractivity contribution >= 4 is 6.08 Å². The number of allylic oxidation sites excluding steroid dienone is 1. The van der Waals surface area contributed by atoms with Crippen LogP contribution in [0.1, 0.15) is 54.5 Å². The van der Waals surface area contributed by atoms with E-state index >= 15 is 0 Å². The van der Waals surface area contributed by atoms with Crippen molar-refractivity contribution in [3.63, 3.8) is 0 Å². The first-order chi connectivity index (χ1) is 11.2. The molecule has 24 heavy (non-hydrogen) atoms. The van der Waals surface area contributed by atoms with E-state index in [1.165, 1.54) is 48.3 Å². The number of hydrogen-bond acceptors (Lipinski definition) is 0. The summed E-state index contributed by atoms with van der Waals surface area (Å²) in [4.78, 5) is 0. The molecule has 0 aliphatic heterocycles. The summed E-state index contributed by atoms with van der Waals surface area (Å²) < 4.78 is 0. The van der Waals surface area contributed by atoms with Crippen molar-refractivity contribution in [1.82, 2.24) is 0 Å². The Morgan fingerprint density at radius 1 is 0.875 bits per heavy atom. The second-order valence-corrected chi connectivity index (χ2v) is 7.29. The molecule has 1 radical (unpaired) electrons. The van der Waals surface area contributed by atoms with Crippen LogP contribution in [-0.4, -0.2) is 0 Å². The van der Waals surface area contributed by atoms with Crippen LogP contribution >= 0.6 is 0 Å². The first-order valence-electron chi connectivity index (χ1n) is 8.97. The van der Waals surface area contributed by atoms with Crippen molar-refractivity contribution in [2.24, 2.45) is 5.41 Å². The summed E-state index contributed by atoms with van der Waals surface area (Å²) in [5, 5.41) is 0. The van der Waals surface area contributed by atoms with Gasteiger partial charge in [0, 0.05) is 31.8 Å². The molecule has 0 heterocycles. The van der Waals surface area contributed by atoms with Crippen LogP contribution in [0.5, 0.6) is 0 Å². The van der Waals surface area contributed by atoms with E-state index in [9.17, 15) is 0 Å². The maximum atomic E-state index is 2.50. The molecule has 0 fully saturated rings. The summed E-state index contributed by atoms with van der Waals surface area (Å²) in [6.45, 7) is 4.71. The number of hydrogen-bond donors (Lipinski definition) is 0. The molecule has 0 atom stereocenters. The Bertz CT molecular complexity index is 738. The van der Waals surface area contributed by atoms with Crippen molar-refractivity contribution in [3.8, 4) is 0 Å². The van der Waals surface area contributed by atoms with Gasteiger partial charge in [0.15, 0.2) is 0 Å². The fourth-order valence-corrected chi connectivity index (χ4v) is 4.32. The minimum absolute atomic E-state index is 0. The first kappa shape index (κ1) is 17.9. The predicted molar refractivity (Wildman–Crippen MR) is 98.4 cm³/mol. The maximum Gasteiger partial charge on any atom is 0.0317 e. The van der Waals surface area contributed by atoms with Gasteiger partial charge in [0.25, 0.3) is 0 Å². The third kappa shape index (κ3) is 3.12. The molecule has 0 aromatic heterocycles. The van der Waals surface area contributed by atoms with Crippen LogP contribution in [0.25, 0.3) is 6.08 Å². The SMILES string of the molecule is CCC1(CC)Cc2cc3c(cc2C1)[C](Cc1ccccc1)C=C3.[Hf]. The standard InChI is InChI=1S/C23H25.Hf/c1-3-23(4-2)15-20-13-19-11-10-18(22(19)14-21(20)16-23)12-17-8-6-5-7-9-17;/h5-11,13-14H,3-4,12,15-16H2,1-2H3;. The van der Waals surface area contributed by atoms with Gasteiger partial charge in [0.1, 0.15) is 0 Å². The Labute approximate surface area is 165 Å². The molecule has 2 aliphatic carbocycles. The van der Waals surface area contributed by atoms with E-state index in [0.717, 1.165) is 6.42 Å². The number of rotatable bonds is 4. The van der Waals surface area contributed by atoms with E-state index < -0.39 is 0 Å². The van der Waals surface area contributed by atoms with E-state index in [1.807, 2.05) is 0 Å². The quantitative estimate of drug-likeness (QED) is 0.487. The molecule has 0 bridgehead atoms. The van der Waals surface area contributed by atoms with Gasteiger partial charge < -0.3 is 0 Å². The predicted octanol–water partition coefficient (Wildman–Crippen LogP) is 5.78. The molecule has 0 spiro atoms. The number of fused-ring (bicyclic) bond motifs is 2. The van der Waals surface area contributed by atoms with Crippen molar-refractivity contribution < 1.29 is 25.8 Å². The second-order valence-electron chi connectivity index (χ2n) is 7.29. The van der Waals surface area contributed by atoms with Gasteiger partial charge in [-0.25, -0.2) is 0 Å². The van der Waals surface area contributed by atoms with Gasteiger partial charge in [-0.05, 0) is 65.3 Å². The van der Waals surface area contributed by atoms with Gasteiger partial charge in [-0.3, -0.25) is 0 Å². The molecule has 2 aromatic carbocycles. The van der Waals surface area contributed by atoms with Crippen LogP contribution in [0.2, 0.25) is 0 Å². The zero-order chi connectivity index (χ0) is 15.9. The Kier molecular flexibility index (Phi) is 5.30. The van der Waals surface area contributed by atoms with E-state index in [4.69, 9.17) is 0 Å². The number of benzene rings is 2. The molecule has 0 saturated heterocycles. The van der Waals surface area contributed by atoms with Gasteiger partial charge in [-0.1, -0.05) is 68.5 Å². The molecule has 0 nitrogen and oxygen atoms in total. The van der Waals surface area contributed by atoms with Gasteiger partial charge >= 0.3 is 0 Å². The van der Waals surface area contributed by atoms with Crippen molar-refractivity contribution in [2.75, 3.05) is 0 Å². The largest absolute Gasteiger partial charge is 0.0718 e. The van der Waals surface area contributed by atoms with Crippen molar-refractivity contribution in [3.05, 3.63) is 82.3 Å². The molecule has 121 valence electrons. The molecule has 0 unspecified atom stereocenters. The summed E-state index contributed by atoms with van der Waals surface area (Å²) in [6.07, 6.45) is 10.8. The molecular weight excluding hydrogens is 455 g/mol. The Hall–Kier alpha value is -0.950. The van der Waals surface area contributed by atoms with Crippen LogP contribution in [0, 0.1) is 11.3 Å².